The van der Waals surface area contributed by atoms with Crippen LogP contribution in [0.5, 0.6) is 5.75 Å². The van der Waals surface area contributed by atoms with Crippen LogP contribution in [0.15, 0.2) is 84.9 Å². The largest absolute Gasteiger partial charge is 0.489 e. The monoisotopic (exact) mass is 401 g/mol. The van der Waals surface area contributed by atoms with Gasteiger partial charge in [0.05, 0.1) is 0 Å². The number of para-hydroxylation sites is 2. The van der Waals surface area contributed by atoms with Crippen molar-refractivity contribution in [3.63, 3.8) is 0 Å². The molecule has 5 heteroatoms. The Morgan fingerprint density at radius 2 is 1.43 bits per heavy atom. The summed E-state index contributed by atoms with van der Waals surface area (Å²) in [6.07, 6.45) is 0. The summed E-state index contributed by atoms with van der Waals surface area (Å²) in [6, 6.07) is 27.9. The van der Waals surface area contributed by atoms with Gasteiger partial charge in [0, 0.05) is 44.0 Å². The normalized spacial score (nSPS) is 14.3. The van der Waals surface area contributed by atoms with Crippen LogP contribution in [0.4, 0.5) is 10.5 Å². The van der Waals surface area contributed by atoms with Gasteiger partial charge in [0.25, 0.3) is 0 Å². The van der Waals surface area contributed by atoms with E-state index in [1.54, 1.807) is 0 Å². The molecule has 1 saturated heterocycles. The Morgan fingerprint density at radius 1 is 0.800 bits per heavy atom. The van der Waals surface area contributed by atoms with Crippen LogP contribution in [0.25, 0.3) is 0 Å². The summed E-state index contributed by atoms with van der Waals surface area (Å²) in [7, 11) is 0. The molecule has 0 radical (unpaired) electrons. The number of nitrogens with one attached hydrogen (secondary N) is 1. The first kappa shape index (κ1) is 20.0. The number of carbonyl (C=O) groups is 1. The smallest absolute Gasteiger partial charge is 0.321 e. The number of amides is 2. The van der Waals surface area contributed by atoms with Gasteiger partial charge < -0.3 is 15.0 Å². The predicted molar refractivity (Wildman–Crippen MR) is 120 cm³/mol. The number of anilines is 1. The second-order valence-corrected chi connectivity index (χ2v) is 7.44. The second kappa shape index (κ2) is 9.94. The van der Waals surface area contributed by atoms with Crippen molar-refractivity contribution in [1.29, 1.82) is 0 Å². The van der Waals surface area contributed by atoms with Crippen molar-refractivity contribution >= 4 is 11.7 Å². The molecule has 1 N–H and O–H groups in total. The lowest BCUT2D eigenvalue weighted by Crippen LogP contribution is -2.49. The van der Waals surface area contributed by atoms with Crippen LogP contribution in [-0.2, 0) is 13.2 Å². The fraction of sp³-hybridized carbons (Fsp3) is 0.240. The first-order valence-corrected chi connectivity index (χ1v) is 10.4. The van der Waals surface area contributed by atoms with Crippen molar-refractivity contribution in [2.24, 2.45) is 0 Å². The number of nitrogens with zero attached hydrogens (tertiary/aromatic N) is 2. The van der Waals surface area contributed by atoms with E-state index in [1.807, 2.05) is 65.6 Å². The molecule has 2 amide bonds. The highest BCUT2D eigenvalue weighted by Gasteiger charge is 2.21. The lowest BCUT2D eigenvalue weighted by molar-refractivity contribution is 0.143. The maximum absolute atomic E-state index is 12.8. The third-order valence-electron chi connectivity index (χ3n) is 5.31. The van der Waals surface area contributed by atoms with E-state index >= 15 is 0 Å². The second-order valence-electron chi connectivity index (χ2n) is 7.44. The average Bonchev–Trinajstić information content (AvgIpc) is 2.80. The summed E-state index contributed by atoms with van der Waals surface area (Å²) in [5, 5.41) is 3.07. The maximum Gasteiger partial charge on any atom is 0.321 e. The lowest BCUT2D eigenvalue weighted by atomic mass is 10.2. The number of hydrogen-bond donors (Lipinski definition) is 1. The van der Waals surface area contributed by atoms with Crippen molar-refractivity contribution in [2.75, 3.05) is 31.5 Å². The first-order chi connectivity index (χ1) is 14.8. The molecule has 0 bridgehead atoms. The van der Waals surface area contributed by atoms with E-state index in [0.29, 0.717) is 6.61 Å². The van der Waals surface area contributed by atoms with Crippen molar-refractivity contribution in [3.05, 3.63) is 96.1 Å². The zero-order chi connectivity index (χ0) is 20.6. The molecule has 0 unspecified atom stereocenters. The van der Waals surface area contributed by atoms with Gasteiger partial charge in [0.15, 0.2) is 0 Å². The van der Waals surface area contributed by atoms with E-state index in [9.17, 15) is 4.79 Å². The summed E-state index contributed by atoms with van der Waals surface area (Å²) in [6.45, 7) is 4.53. The molecule has 0 aliphatic carbocycles. The number of carbonyl (C=O) groups excluding carboxylic acids is 1. The van der Waals surface area contributed by atoms with Crippen LogP contribution in [0.1, 0.15) is 11.1 Å². The van der Waals surface area contributed by atoms with Crippen molar-refractivity contribution < 1.29 is 9.53 Å². The lowest BCUT2D eigenvalue weighted by Gasteiger charge is -2.34. The first-order valence-electron chi connectivity index (χ1n) is 10.4. The van der Waals surface area contributed by atoms with Crippen LogP contribution in [0.3, 0.4) is 0 Å². The van der Waals surface area contributed by atoms with Gasteiger partial charge in [-0.1, -0.05) is 66.7 Å². The molecular formula is C25H27N3O2. The van der Waals surface area contributed by atoms with Crippen molar-refractivity contribution in [1.82, 2.24) is 9.80 Å². The molecule has 0 atom stereocenters. The summed E-state index contributed by atoms with van der Waals surface area (Å²) in [5.74, 6) is 0.813. The van der Waals surface area contributed by atoms with Gasteiger partial charge in [-0.15, -0.1) is 0 Å². The Hall–Kier alpha value is -3.31. The van der Waals surface area contributed by atoms with E-state index < -0.39 is 0 Å². The zero-order valence-corrected chi connectivity index (χ0v) is 17.0. The van der Waals surface area contributed by atoms with Crippen LogP contribution in [0.2, 0.25) is 0 Å². The van der Waals surface area contributed by atoms with Crippen LogP contribution < -0.4 is 10.1 Å². The topological polar surface area (TPSA) is 44.8 Å². The molecule has 3 aromatic carbocycles. The number of benzene rings is 3. The molecule has 154 valence electrons. The Bertz CT molecular complexity index is 939. The molecular weight excluding hydrogens is 374 g/mol. The quantitative estimate of drug-likeness (QED) is 0.656. The van der Waals surface area contributed by atoms with Gasteiger partial charge in [0.1, 0.15) is 12.4 Å². The molecule has 4 rings (SSSR count). The van der Waals surface area contributed by atoms with Gasteiger partial charge >= 0.3 is 6.03 Å². The van der Waals surface area contributed by atoms with Crippen molar-refractivity contribution in [2.45, 2.75) is 13.2 Å². The van der Waals surface area contributed by atoms with Crippen LogP contribution >= 0.6 is 0 Å². The van der Waals surface area contributed by atoms with Gasteiger partial charge in [-0.05, 0) is 23.8 Å². The zero-order valence-electron chi connectivity index (χ0n) is 17.0. The van der Waals surface area contributed by atoms with Crippen LogP contribution in [0, 0.1) is 0 Å². The highest BCUT2D eigenvalue weighted by atomic mass is 16.5. The van der Waals surface area contributed by atoms with Gasteiger partial charge in [-0.3, -0.25) is 4.90 Å². The van der Waals surface area contributed by atoms with Crippen molar-refractivity contribution in [3.8, 4) is 5.75 Å². The van der Waals surface area contributed by atoms with Gasteiger partial charge in [-0.2, -0.15) is 0 Å². The number of hydrogen-bond acceptors (Lipinski definition) is 3. The SMILES string of the molecule is O=C(Nc1ccccc1COc1ccccc1)N1CCN(Cc2ccccc2)CC1. The molecule has 5 nitrogen and oxygen atoms in total. The average molecular weight is 402 g/mol. The molecule has 1 fully saturated rings. The summed E-state index contributed by atoms with van der Waals surface area (Å²) >= 11 is 0. The minimum Gasteiger partial charge on any atom is -0.489 e. The third kappa shape index (κ3) is 5.39. The standard InChI is InChI=1S/C25H27N3O2/c29-25(28-17-15-27(16-18-28)19-21-9-3-1-4-10-21)26-24-14-8-7-11-22(24)20-30-23-12-5-2-6-13-23/h1-14H,15-20H2,(H,26,29). The minimum absolute atomic E-state index is 0.0541. The van der Waals surface area contributed by atoms with E-state index in [1.165, 1.54) is 5.56 Å². The van der Waals surface area contributed by atoms with Gasteiger partial charge in [0.2, 0.25) is 0 Å². The highest BCUT2D eigenvalue weighted by Crippen LogP contribution is 2.19. The molecule has 3 aromatic rings. The van der Waals surface area contributed by atoms with E-state index in [-0.39, 0.29) is 6.03 Å². The Morgan fingerprint density at radius 3 is 2.17 bits per heavy atom. The molecule has 1 aliphatic rings. The van der Waals surface area contributed by atoms with Crippen LogP contribution in [-0.4, -0.2) is 42.0 Å². The fourth-order valence-electron chi connectivity index (χ4n) is 3.59. The molecule has 0 aromatic heterocycles. The molecule has 1 aliphatic heterocycles. The summed E-state index contributed by atoms with van der Waals surface area (Å²) < 4.78 is 5.86. The van der Waals surface area contributed by atoms with Gasteiger partial charge in [-0.25, -0.2) is 4.79 Å². The Labute approximate surface area is 177 Å². The number of rotatable bonds is 6. The third-order valence-corrected chi connectivity index (χ3v) is 5.31. The molecule has 1 heterocycles. The summed E-state index contributed by atoms with van der Waals surface area (Å²) in [4.78, 5) is 17.1. The molecule has 30 heavy (non-hydrogen) atoms. The Kier molecular flexibility index (Phi) is 6.62. The maximum atomic E-state index is 12.8. The summed E-state index contributed by atoms with van der Waals surface area (Å²) in [5.41, 5.74) is 3.06. The predicted octanol–water partition coefficient (Wildman–Crippen LogP) is 4.62. The highest BCUT2D eigenvalue weighted by molar-refractivity contribution is 5.90. The van der Waals surface area contributed by atoms with E-state index in [2.05, 4.69) is 34.5 Å². The van der Waals surface area contributed by atoms with E-state index in [4.69, 9.17) is 4.74 Å². The number of piperazine rings is 1. The number of urea groups is 1. The van der Waals surface area contributed by atoms with E-state index in [0.717, 1.165) is 49.7 Å². The fourth-order valence-corrected chi connectivity index (χ4v) is 3.59. The minimum atomic E-state index is -0.0541. The number of ether oxygens (including phenoxy) is 1. The Balaban J connectivity index is 1.30. The molecule has 0 spiro atoms. The molecule has 0 saturated carbocycles.